The molecule has 0 bridgehead atoms. The van der Waals surface area contributed by atoms with Gasteiger partial charge in [0, 0.05) is 12.4 Å². The summed E-state index contributed by atoms with van der Waals surface area (Å²) in [5.74, 6) is -1.38. The van der Waals surface area contributed by atoms with Crippen LogP contribution in [0.15, 0.2) is 30.6 Å². The first kappa shape index (κ1) is 13.5. The largest absolute Gasteiger partial charge is 0.478 e. The van der Waals surface area contributed by atoms with Crippen molar-refractivity contribution in [3.05, 3.63) is 47.8 Å². The van der Waals surface area contributed by atoms with E-state index in [0.29, 0.717) is 5.82 Å². The number of aromatic nitrogens is 2. The molecule has 0 spiro atoms. The number of hydrogen-bond acceptors (Lipinski definition) is 3. The number of nitrogens with zero attached hydrogens (tertiary/aromatic N) is 1. The van der Waals surface area contributed by atoms with E-state index >= 15 is 0 Å². The number of imidazole rings is 1. The second kappa shape index (κ2) is 5.83. The van der Waals surface area contributed by atoms with Crippen molar-refractivity contribution in [3.8, 4) is 0 Å². The van der Waals surface area contributed by atoms with E-state index in [0.717, 1.165) is 18.2 Å². The van der Waals surface area contributed by atoms with Crippen molar-refractivity contribution >= 4 is 17.7 Å². The molecule has 2 amide bonds. The number of benzene rings is 1. The van der Waals surface area contributed by atoms with E-state index in [2.05, 4.69) is 20.6 Å². The highest BCUT2D eigenvalue weighted by atomic mass is 19.1. The number of carbonyl (C=O) groups excluding carboxylic acids is 1. The molecule has 1 aromatic carbocycles. The normalized spacial score (nSPS) is 10.1. The van der Waals surface area contributed by atoms with Crippen LogP contribution < -0.4 is 10.6 Å². The Morgan fingerprint density at radius 3 is 2.85 bits per heavy atom. The number of carboxylic acid groups (broad SMARTS) is 1. The first-order valence-electron chi connectivity index (χ1n) is 5.62. The lowest BCUT2D eigenvalue weighted by molar-refractivity contribution is 0.0697. The number of amides is 2. The van der Waals surface area contributed by atoms with Crippen LogP contribution in [-0.4, -0.2) is 27.1 Å². The summed E-state index contributed by atoms with van der Waals surface area (Å²) in [6.07, 6.45) is 3.13. The smallest absolute Gasteiger partial charge is 0.335 e. The number of carbonyl (C=O) groups is 2. The van der Waals surface area contributed by atoms with Crippen molar-refractivity contribution in [1.29, 1.82) is 0 Å². The molecular formula is C12H11FN4O3. The van der Waals surface area contributed by atoms with E-state index in [1.54, 1.807) is 6.20 Å². The Kier molecular flexibility index (Phi) is 3.94. The van der Waals surface area contributed by atoms with Crippen LogP contribution in [0.5, 0.6) is 0 Å². The van der Waals surface area contributed by atoms with Gasteiger partial charge in [0.2, 0.25) is 0 Å². The zero-order chi connectivity index (χ0) is 14.5. The molecule has 2 aromatic rings. The van der Waals surface area contributed by atoms with Crippen LogP contribution in [0.25, 0.3) is 0 Å². The minimum atomic E-state index is -1.20. The van der Waals surface area contributed by atoms with E-state index in [1.807, 2.05) is 0 Å². The lowest BCUT2D eigenvalue weighted by Gasteiger charge is -2.08. The zero-order valence-electron chi connectivity index (χ0n) is 10.2. The van der Waals surface area contributed by atoms with Gasteiger partial charge in [0.1, 0.15) is 11.6 Å². The molecule has 20 heavy (non-hydrogen) atoms. The van der Waals surface area contributed by atoms with Crippen molar-refractivity contribution < 1.29 is 19.1 Å². The quantitative estimate of drug-likeness (QED) is 0.680. The molecule has 0 aliphatic carbocycles. The van der Waals surface area contributed by atoms with Crippen molar-refractivity contribution in [1.82, 2.24) is 15.3 Å². The molecule has 4 N–H and O–H groups in total. The van der Waals surface area contributed by atoms with E-state index in [1.165, 1.54) is 6.20 Å². The molecule has 1 aromatic heterocycles. The van der Waals surface area contributed by atoms with Gasteiger partial charge in [-0.1, -0.05) is 0 Å². The topological polar surface area (TPSA) is 107 Å². The summed E-state index contributed by atoms with van der Waals surface area (Å²) in [6.45, 7) is 0.138. The first-order chi connectivity index (χ1) is 9.56. The summed E-state index contributed by atoms with van der Waals surface area (Å²) in [6, 6.07) is 2.47. The van der Waals surface area contributed by atoms with Crippen molar-refractivity contribution in [3.63, 3.8) is 0 Å². The SMILES string of the molecule is O=C(NCc1ncc[nH]1)Nc1cc(C(=O)O)ccc1F. The molecule has 0 radical (unpaired) electrons. The third-order valence-corrected chi connectivity index (χ3v) is 2.43. The van der Waals surface area contributed by atoms with Crippen LogP contribution >= 0.6 is 0 Å². The number of nitrogens with one attached hydrogen (secondary N) is 3. The Labute approximate surface area is 112 Å². The second-order valence-corrected chi connectivity index (χ2v) is 3.84. The van der Waals surface area contributed by atoms with Gasteiger partial charge >= 0.3 is 12.0 Å². The van der Waals surface area contributed by atoms with Gasteiger partial charge in [-0.3, -0.25) is 0 Å². The fourth-order valence-corrected chi connectivity index (χ4v) is 1.48. The molecule has 1 heterocycles. The molecule has 0 aliphatic rings. The van der Waals surface area contributed by atoms with Crippen LogP contribution in [0, 0.1) is 5.82 Å². The van der Waals surface area contributed by atoms with E-state index in [4.69, 9.17) is 5.11 Å². The Morgan fingerprint density at radius 2 is 2.20 bits per heavy atom. The minimum Gasteiger partial charge on any atom is -0.478 e. The van der Waals surface area contributed by atoms with Crippen LogP contribution in [0.2, 0.25) is 0 Å². The molecule has 0 saturated carbocycles. The highest BCUT2D eigenvalue weighted by molar-refractivity contribution is 5.93. The van der Waals surface area contributed by atoms with Gasteiger partial charge in [-0.25, -0.2) is 19.0 Å². The minimum absolute atomic E-state index is 0.118. The number of rotatable bonds is 4. The maximum atomic E-state index is 13.5. The molecule has 7 nitrogen and oxygen atoms in total. The average Bonchev–Trinajstić information content (AvgIpc) is 2.92. The third-order valence-electron chi connectivity index (χ3n) is 2.43. The molecule has 8 heteroatoms. The van der Waals surface area contributed by atoms with Crippen LogP contribution in [0.3, 0.4) is 0 Å². The van der Waals surface area contributed by atoms with E-state index in [9.17, 15) is 14.0 Å². The van der Waals surface area contributed by atoms with Gasteiger partial charge in [0.15, 0.2) is 0 Å². The van der Waals surface area contributed by atoms with Gasteiger partial charge in [-0.15, -0.1) is 0 Å². The summed E-state index contributed by atoms with van der Waals surface area (Å²) in [5.41, 5.74) is -0.324. The molecule has 2 rings (SSSR count). The Hall–Kier alpha value is -2.90. The lowest BCUT2D eigenvalue weighted by atomic mass is 10.2. The monoisotopic (exact) mass is 278 g/mol. The number of hydrogen-bond donors (Lipinski definition) is 4. The predicted molar refractivity (Wildman–Crippen MR) is 67.8 cm³/mol. The van der Waals surface area contributed by atoms with Gasteiger partial charge in [0.05, 0.1) is 17.8 Å². The van der Waals surface area contributed by atoms with Crippen molar-refractivity contribution in [2.75, 3.05) is 5.32 Å². The van der Waals surface area contributed by atoms with Gasteiger partial charge in [-0.2, -0.15) is 0 Å². The lowest BCUT2D eigenvalue weighted by Crippen LogP contribution is -2.29. The van der Waals surface area contributed by atoms with Crippen LogP contribution in [-0.2, 0) is 6.54 Å². The molecular weight excluding hydrogens is 267 g/mol. The fourth-order valence-electron chi connectivity index (χ4n) is 1.48. The number of carboxylic acids is 1. The van der Waals surface area contributed by atoms with Crippen molar-refractivity contribution in [2.45, 2.75) is 6.54 Å². The molecule has 0 saturated heterocycles. The number of H-pyrrole nitrogens is 1. The van der Waals surface area contributed by atoms with Gasteiger partial charge in [-0.05, 0) is 18.2 Å². The van der Waals surface area contributed by atoms with Gasteiger partial charge in [0.25, 0.3) is 0 Å². The zero-order valence-corrected chi connectivity index (χ0v) is 10.2. The summed E-state index contributed by atoms with van der Waals surface area (Å²) in [4.78, 5) is 29.0. The number of halogens is 1. The fraction of sp³-hybridized carbons (Fsp3) is 0.0833. The average molecular weight is 278 g/mol. The predicted octanol–water partition coefficient (Wildman–Crippen LogP) is 1.57. The van der Waals surface area contributed by atoms with E-state index in [-0.39, 0.29) is 17.8 Å². The third kappa shape index (κ3) is 3.31. The van der Waals surface area contributed by atoms with Crippen molar-refractivity contribution in [2.24, 2.45) is 0 Å². The molecule has 0 unspecified atom stereocenters. The molecule has 0 fully saturated rings. The maximum Gasteiger partial charge on any atom is 0.335 e. The maximum absolute atomic E-state index is 13.5. The summed E-state index contributed by atoms with van der Waals surface area (Å²) >= 11 is 0. The van der Waals surface area contributed by atoms with Gasteiger partial charge < -0.3 is 20.7 Å². The summed E-state index contributed by atoms with van der Waals surface area (Å²) < 4.78 is 13.5. The van der Waals surface area contributed by atoms with E-state index < -0.39 is 17.8 Å². The highest BCUT2D eigenvalue weighted by Gasteiger charge is 2.11. The standard InChI is InChI=1S/C12H11FN4O3/c13-8-2-1-7(11(18)19)5-9(8)17-12(20)16-6-10-14-3-4-15-10/h1-5H,6H2,(H,14,15)(H,18,19)(H2,16,17,20). The molecule has 0 atom stereocenters. The summed E-state index contributed by atoms with van der Waals surface area (Å²) in [7, 11) is 0. The number of urea groups is 1. The second-order valence-electron chi connectivity index (χ2n) is 3.84. The van der Waals surface area contributed by atoms with Crippen LogP contribution in [0.1, 0.15) is 16.2 Å². The van der Waals surface area contributed by atoms with Crippen LogP contribution in [0.4, 0.5) is 14.9 Å². The highest BCUT2D eigenvalue weighted by Crippen LogP contribution is 2.16. The molecule has 0 aliphatic heterocycles. The number of aromatic carboxylic acids is 1. The Morgan fingerprint density at radius 1 is 1.40 bits per heavy atom. The number of aromatic amines is 1. The molecule has 104 valence electrons. The first-order valence-corrected chi connectivity index (χ1v) is 5.62. The number of anilines is 1. The Balaban J connectivity index is 2.00. The Bertz CT molecular complexity index is 628. The summed E-state index contributed by atoms with van der Waals surface area (Å²) in [5, 5.41) is 13.5.